The standard InChI is InChI=1S/C11H16ClN3O/c1-3-11(2,7-13)10(16)15-8-5-4-6-14-9(8)12/h4-6H,3,7,13H2,1-2H3,(H,15,16). The van der Waals surface area contributed by atoms with Crippen LogP contribution in [0, 0.1) is 5.41 Å². The third-order valence-corrected chi connectivity index (χ3v) is 3.09. The summed E-state index contributed by atoms with van der Waals surface area (Å²) in [6, 6.07) is 3.42. The van der Waals surface area contributed by atoms with Gasteiger partial charge in [-0.15, -0.1) is 0 Å². The molecule has 1 atom stereocenters. The molecule has 1 amide bonds. The Morgan fingerprint density at radius 2 is 2.38 bits per heavy atom. The molecule has 1 unspecified atom stereocenters. The van der Waals surface area contributed by atoms with Gasteiger partial charge in [0.25, 0.3) is 0 Å². The first-order chi connectivity index (χ1) is 7.53. The van der Waals surface area contributed by atoms with Crippen LogP contribution < -0.4 is 11.1 Å². The second-order valence-corrected chi connectivity index (χ2v) is 4.27. The predicted molar refractivity (Wildman–Crippen MR) is 65.3 cm³/mol. The fraction of sp³-hybridized carbons (Fsp3) is 0.455. The van der Waals surface area contributed by atoms with Crippen molar-refractivity contribution in [1.82, 2.24) is 4.98 Å². The molecule has 1 aromatic rings. The quantitative estimate of drug-likeness (QED) is 0.793. The number of pyridine rings is 1. The second kappa shape index (κ2) is 5.27. The number of aromatic nitrogens is 1. The van der Waals surface area contributed by atoms with Crippen molar-refractivity contribution in [1.29, 1.82) is 0 Å². The van der Waals surface area contributed by atoms with Crippen LogP contribution in [0.15, 0.2) is 18.3 Å². The van der Waals surface area contributed by atoms with E-state index in [4.69, 9.17) is 17.3 Å². The zero-order valence-corrected chi connectivity index (χ0v) is 10.2. The Kier molecular flexibility index (Phi) is 4.26. The molecule has 0 aromatic carbocycles. The summed E-state index contributed by atoms with van der Waals surface area (Å²) in [5.41, 5.74) is 5.55. The number of rotatable bonds is 4. The molecule has 0 fully saturated rings. The maximum atomic E-state index is 12.0. The number of hydrogen-bond donors (Lipinski definition) is 2. The molecule has 88 valence electrons. The van der Waals surface area contributed by atoms with Crippen LogP contribution in [-0.2, 0) is 4.79 Å². The Labute approximate surface area is 100 Å². The molecule has 16 heavy (non-hydrogen) atoms. The Hall–Kier alpha value is -1.13. The predicted octanol–water partition coefficient (Wildman–Crippen LogP) is 2.05. The first-order valence-electron chi connectivity index (χ1n) is 5.15. The van der Waals surface area contributed by atoms with Gasteiger partial charge in [0.05, 0.1) is 11.1 Å². The van der Waals surface area contributed by atoms with Gasteiger partial charge in [-0.05, 0) is 25.5 Å². The highest BCUT2D eigenvalue weighted by Crippen LogP contribution is 2.24. The van der Waals surface area contributed by atoms with Crippen molar-refractivity contribution in [3.63, 3.8) is 0 Å². The lowest BCUT2D eigenvalue weighted by molar-refractivity contribution is -0.124. The van der Waals surface area contributed by atoms with Crippen LogP contribution in [0.4, 0.5) is 5.69 Å². The summed E-state index contributed by atoms with van der Waals surface area (Å²) in [5, 5.41) is 3.02. The minimum Gasteiger partial charge on any atom is -0.329 e. The molecule has 0 aliphatic rings. The zero-order chi connectivity index (χ0) is 12.2. The van der Waals surface area contributed by atoms with Crippen LogP contribution in [0.3, 0.4) is 0 Å². The summed E-state index contributed by atoms with van der Waals surface area (Å²) in [6.07, 6.45) is 2.24. The summed E-state index contributed by atoms with van der Waals surface area (Å²) in [6.45, 7) is 4.05. The average Bonchev–Trinajstić information content (AvgIpc) is 2.31. The molecule has 3 N–H and O–H groups in total. The van der Waals surface area contributed by atoms with Gasteiger partial charge >= 0.3 is 0 Å². The number of carbonyl (C=O) groups excluding carboxylic acids is 1. The van der Waals surface area contributed by atoms with E-state index < -0.39 is 5.41 Å². The van der Waals surface area contributed by atoms with E-state index in [2.05, 4.69) is 10.3 Å². The molecular weight excluding hydrogens is 226 g/mol. The summed E-state index contributed by atoms with van der Waals surface area (Å²) >= 11 is 5.85. The molecular formula is C11H16ClN3O. The molecule has 0 bridgehead atoms. The number of nitrogens with one attached hydrogen (secondary N) is 1. The Balaban J connectivity index is 2.83. The van der Waals surface area contributed by atoms with Crippen LogP contribution in [-0.4, -0.2) is 17.4 Å². The molecule has 1 rings (SSSR count). The van der Waals surface area contributed by atoms with Gasteiger partial charge in [0.15, 0.2) is 5.15 Å². The highest BCUT2D eigenvalue weighted by Gasteiger charge is 2.29. The largest absolute Gasteiger partial charge is 0.329 e. The van der Waals surface area contributed by atoms with Gasteiger partial charge in [-0.25, -0.2) is 4.98 Å². The maximum Gasteiger partial charge on any atom is 0.231 e. The number of nitrogens with two attached hydrogens (primary N) is 1. The number of nitrogens with zero attached hydrogens (tertiary/aromatic N) is 1. The number of halogens is 1. The van der Waals surface area contributed by atoms with E-state index in [0.717, 1.165) is 0 Å². The van der Waals surface area contributed by atoms with Crippen LogP contribution in [0.5, 0.6) is 0 Å². The smallest absolute Gasteiger partial charge is 0.231 e. The van der Waals surface area contributed by atoms with Crippen molar-refractivity contribution in [2.24, 2.45) is 11.1 Å². The lowest BCUT2D eigenvalue weighted by atomic mass is 9.86. The van der Waals surface area contributed by atoms with E-state index in [1.165, 1.54) is 0 Å². The monoisotopic (exact) mass is 241 g/mol. The molecule has 4 nitrogen and oxygen atoms in total. The lowest BCUT2D eigenvalue weighted by Gasteiger charge is -2.24. The van der Waals surface area contributed by atoms with Crippen molar-refractivity contribution in [3.8, 4) is 0 Å². The minimum absolute atomic E-state index is 0.132. The first kappa shape index (κ1) is 12.9. The van der Waals surface area contributed by atoms with Gasteiger partial charge < -0.3 is 11.1 Å². The van der Waals surface area contributed by atoms with Crippen LogP contribution in [0.1, 0.15) is 20.3 Å². The highest BCUT2D eigenvalue weighted by molar-refractivity contribution is 6.32. The minimum atomic E-state index is -0.570. The van der Waals surface area contributed by atoms with Gasteiger partial charge in [0, 0.05) is 12.7 Å². The first-order valence-corrected chi connectivity index (χ1v) is 5.53. The molecule has 0 saturated carbocycles. The number of amides is 1. The Morgan fingerprint density at radius 1 is 1.69 bits per heavy atom. The highest BCUT2D eigenvalue weighted by atomic mass is 35.5. The van der Waals surface area contributed by atoms with Gasteiger partial charge in [-0.3, -0.25) is 4.79 Å². The molecule has 0 aliphatic carbocycles. The van der Waals surface area contributed by atoms with E-state index in [0.29, 0.717) is 18.7 Å². The summed E-state index contributed by atoms with van der Waals surface area (Å²) < 4.78 is 0. The summed E-state index contributed by atoms with van der Waals surface area (Å²) in [7, 11) is 0. The van der Waals surface area contributed by atoms with Crippen molar-refractivity contribution in [3.05, 3.63) is 23.5 Å². The van der Waals surface area contributed by atoms with Gasteiger partial charge in [-0.1, -0.05) is 18.5 Å². The van der Waals surface area contributed by atoms with Crippen molar-refractivity contribution < 1.29 is 4.79 Å². The SMILES string of the molecule is CCC(C)(CN)C(=O)Nc1cccnc1Cl. The second-order valence-electron chi connectivity index (χ2n) is 3.91. The maximum absolute atomic E-state index is 12.0. The Morgan fingerprint density at radius 3 is 2.88 bits per heavy atom. The topological polar surface area (TPSA) is 68.0 Å². The average molecular weight is 242 g/mol. The van der Waals surface area contributed by atoms with Gasteiger partial charge in [-0.2, -0.15) is 0 Å². The van der Waals surface area contributed by atoms with Crippen molar-refractivity contribution in [2.75, 3.05) is 11.9 Å². The van der Waals surface area contributed by atoms with Gasteiger partial charge in [0.2, 0.25) is 5.91 Å². The fourth-order valence-corrected chi connectivity index (χ4v) is 1.32. The van der Waals surface area contributed by atoms with E-state index in [1.54, 1.807) is 18.3 Å². The van der Waals surface area contributed by atoms with Crippen molar-refractivity contribution in [2.45, 2.75) is 20.3 Å². The third-order valence-electron chi connectivity index (χ3n) is 2.79. The van der Waals surface area contributed by atoms with Crippen LogP contribution in [0.2, 0.25) is 5.15 Å². The molecule has 0 aliphatic heterocycles. The van der Waals surface area contributed by atoms with E-state index in [-0.39, 0.29) is 11.1 Å². The normalized spacial score (nSPS) is 14.2. The molecule has 5 heteroatoms. The summed E-state index contributed by atoms with van der Waals surface area (Å²) in [5.74, 6) is -0.132. The lowest BCUT2D eigenvalue weighted by Crippen LogP contribution is -2.39. The molecule has 1 aromatic heterocycles. The third kappa shape index (κ3) is 2.71. The molecule has 0 saturated heterocycles. The van der Waals surface area contributed by atoms with E-state index in [9.17, 15) is 4.79 Å². The molecule has 1 heterocycles. The number of carbonyl (C=O) groups is 1. The summed E-state index contributed by atoms with van der Waals surface area (Å²) in [4.78, 5) is 15.9. The van der Waals surface area contributed by atoms with E-state index in [1.807, 2.05) is 13.8 Å². The van der Waals surface area contributed by atoms with Crippen molar-refractivity contribution >= 4 is 23.2 Å². The molecule has 0 spiro atoms. The number of anilines is 1. The Bertz CT molecular complexity index is 377. The van der Waals surface area contributed by atoms with Crippen LogP contribution in [0.25, 0.3) is 0 Å². The van der Waals surface area contributed by atoms with Gasteiger partial charge in [0.1, 0.15) is 0 Å². The van der Waals surface area contributed by atoms with Crippen LogP contribution >= 0.6 is 11.6 Å². The fourth-order valence-electron chi connectivity index (χ4n) is 1.15. The number of hydrogen-bond acceptors (Lipinski definition) is 3. The van der Waals surface area contributed by atoms with E-state index >= 15 is 0 Å². The zero-order valence-electron chi connectivity index (χ0n) is 9.46. The molecule has 0 radical (unpaired) electrons.